The van der Waals surface area contributed by atoms with Gasteiger partial charge in [-0.05, 0) is 36.8 Å². The second kappa shape index (κ2) is 5.79. The molecule has 0 fully saturated rings. The van der Waals surface area contributed by atoms with Crippen LogP contribution in [-0.4, -0.2) is 24.8 Å². The van der Waals surface area contributed by atoms with Gasteiger partial charge in [-0.2, -0.15) is 4.31 Å². The van der Waals surface area contributed by atoms with Crippen molar-refractivity contribution in [2.45, 2.75) is 17.9 Å². The van der Waals surface area contributed by atoms with Crippen molar-refractivity contribution >= 4 is 15.8 Å². The molecule has 0 spiro atoms. The Kier molecular flexibility index (Phi) is 4.24. The van der Waals surface area contributed by atoms with Gasteiger partial charge in [-0.1, -0.05) is 12.1 Å². The highest BCUT2D eigenvalue weighted by Gasteiger charge is 2.26. The molecule has 7 heteroatoms. The molecule has 112 valence electrons. The highest BCUT2D eigenvalue weighted by Crippen LogP contribution is 2.25. The van der Waals surface area contributed by atoms with Crippen LogP contribution in [0.5, 0.6) is 0 Å². The third kappa shape index (κ3) is 3.20. The monoisotopic (exact) mass is 309 g/mol. The van der Waals surface area contributed by atoms with Gasteiger partial charge < -0.3 is 5.73 Å². The molecule has 1 unspecified atom stereocenters. The third-order valence-electron chi connectivity index (χ3n) is 3.33. The molecule has 0 radical (unpaired) electrons. The van der Waals surface area contributed by atoms with Crippen LogP contribution >= 0.6 is 0 Å². The predicted octanol–water partition coefficient (Wildman–Crippen LogP) is 2.18. The molecule has 0 aliphatic rings. The molecule has 21 heavy (non-hydrogen) atoms. The van der Waals surface area contributed by atoms with Gasteiger partial charge in [-0.3, -0.25) is 0 Å². The number of benzene rings is 1. The van der Waals surface area contributed by atoms with Crippen LogP contribution in [0.4, 0.5) is 10.2 Å². The average Bonchev–Trinajstić information content (AvgIpc) is 2.47. The number of pyridine rings is 1. The first-order valence-corrected chi connectivity index (χ1v) is 7.71. The number of hydrogen-bond donors (Lipinski definition) is 1. The van der Waals surface area contributed by atoms with Crippen molar-refractivity contribution in [2.24, 2.45) is 0 Å². The molecule has 1 atom stereocenters. The molecule has 1 heterocycles. The second-order valence-corrected chi connectivity index (χ2v) is 6.67. The lowest BCUT2D eigenvalue weighted by molar-refractivity contribution is 0.398. The predicted molar refractivity (Wildman–Crippen MR) is 78.4 cm³/mol. The molecule has 0 amide bonds. The maximum Gasteiger partial charge on any atom is 0.244 e. The van der Waals surface area contributed by atoms with Gasteiger partial charge in [0.05, 0.1) is 0 Å². The van der Waals surface area contributed by atoms with Gasteiger partial charge in [0.2, 0.25) is 10.0 Å². The Labute approximate surface area is 123 Å². The molecular formula is C14H16FN3O2S. The highest BCUT2D eigenvalue weighted by atomic mass is 32.2. The maximum absolute atomic E-state index is 12.9. The van der Waals surface area contributed by atoms with Crippen LogP contribution in [0.3, 0.4) is 0 Å². The molecule has 2 N–H and O–H groups in total. The van der Waals surface area contributed by atoms with Gasteiger partial charge in [-0.15, -0.1) is 0 Å². The Morgan fingerprint density at radius 2 is 1.81 bits per heavy atom. The number of nitrogen functional groups attached to an aromatic ring is 1. The summed E-state index contributed by atoms with van der Waals surface area (Å²) in [6, 6.07) is 8.14. The highest BCUT2D eigenvalue weighted by molar-refractivity contribution is 7.89. The zero-order chi connectivity index (χ0) is 15.6. The van der Waals surface area contributed by atoms with Crippen molar-refractivity contribution in [2.75, 3.05) is 12.8 Å². The van der Waals surface area contributed by atoms with Gasteiger partial charge in [-0.25, -0.2) is 17.8 Å². The first kappa shape index (κ1) is 15.4. The smallest absolute Gasteiger partial charge is 0.244 e. The molecule has 1 aromatic heterocycles. The molecule has 0 saturated heterocycles. The van der Waals surface area contributed by atoms with E-state index in [4.69, 9.17) is 5.73 Å². The number of halogens is 1. The van der Waals surface area contributed by atoms with Gasteiger partial charge in [0.1, 0.15) is 16.5 Å². The zero-order valence-electron chi connectivity index (χ0n) is 11.7. The van der Waals surface area contributed by atoms with Crippen molar-refractivity contribution in [1.29, 1.82) is 0 Å². The number of nitrogens with two attached hydrogens (primary N) is 1. The lowest BCUT2D eigenvalue weighted by Gasteiger charge is -2.24. The summed E-state index contributed by atoms with van der Waals surface area (Å²) in [6.45, 7) is 1.73. The maximum atomic E-state index is 12.9. The van der Waals surface area contributed by atoms with Crippen molar-refractivity contribution in [3.8, 4) is 0 Å². The van der Waals surface area contributed by atoms with E-state index in [1.807, 2.05) is 0 Å². The minimum Gasteiger partial charge on any atom is -0.384 e. The molecule has 0 aliphatic heterocycles. The number of sulfonamides is 1. The van der Waals surface area contributed by atoms with Crippen molar-refractivity contribution in [3.63, 3.8) is 0 Å². The minimum atomic E-state index is -3.69. The molecule has 0 aliphatic carbocycles. The van der Waals surface area contributed by atoms with E-state index in [0.717, 1.165) is 0 Å². The summed E-state index contributed by atoms with van der Waals surface area (Å²) in [6.07, 6.45) is 1.22. The van der Waals surface area contributed by atoms with Crippen LogP contribution < -0.4 is 5.73 Å². The van der Waals surface area contributed by atoms with Crippen LogP contribution in [0, 0.1) is 5.82 Å². The van der Waals surface area contributed by atoms with E-state index in [2.05, 4.69) is 4.98 Å². The lowest BCUT2D eigenvalue weighted by atomic mass is 10.1. The van der Waals surface area contributed by atoms with Crippen LogP contribution in [0.25, 0.3) is 0 Å². The van der Waals surface area contributed by atoms with Gasteiger partial charge >= 0.3 is 0 Å². The fraction of sp³-hybridized carbons (Fsp3) is 0.214. The Morgan fingerprint density at radius 3 is 2.33 bits per heavy atom. The van der Waals surface area contributed by atoms with E-state index in [-0.39, 0.29) is 16.5 Å². The summed E-state index contributed by atoms with van der Waals surface area (Å²) in [7, 11) is -2.22. The molecule has 1 aromatic carbocycles. The van der Waals surface area contributed by atoms with Crippen LogP contribution in [0.2, 0.25) is 0 Å². The Bertz CT molecular complexity index is 715. The lowest BCUT2D eigenvalue weighted by Crippen LogP contribution is -2.30. The molecule has 2 rings (SSSR count). The minimum absolute atomic E-state index is 0.0631. The zero-order valence-corrected chi connectivity index (χ0v) is 12.5. The SMILES string of the molecule is CC(c1ccc(F)cc1)N(C)S(=O)(=O)c1ccc(N)nc1. The summed E-state index contributed by atoms with van der Waals surface area (Å²) < 4.78 is 39.1. The third-order valence-corrected chi connectivity index (χ3v) is 5.25. The summed E-state index contributed by atoms with van der Waals surface area (Å²) in [4.78, 5) is 3.86. The second-order valence-electron chi connectivity index (χ2n) is 4.67. The fourth-order valence-electron chi connectivity index (χ4n) is 1.87. The molecule has 5 nitrogen and oxygen atoms in total. The van der Waals surface area contributed by atoms with Crippen molar-refractivity contribution in [3.05, 3.63) is 54.0 Å². The van der Waals surface area contributed by atoms with Gasteiger partial charge in [0.25, 0.3) is 0 Å². The van der Waals surface area contributed by atoms with E-state index in [0.29, 0.717) is 5.56 Å². The fourth-order valence-corrected chi connectivity index (χ4v) is 3.17. The summed E-state index contributed by atoms with van der Waals surface area (Å²) in [5, 5.41) is 0. The number of hydrogen-bond acceptors (Lipinski definition) is 4. The topological polar surface area (TPSA) is 76.3 Å². The number of anilines is 1. The Balaban J connectivity index is 2.31. The molecule has 0 saturated carbocycles. The van der Waals surface area contributed by atoms with Gasteiger partial charge in [0.15, 0.2) is 0 Å². The summed E-state index contributed by atoms with van der Waals surface area (Å²) >= 11 is 0. The molecular weight excluding hydrogens is 293 g/mol. The average molecular weight is 309 g/mol. The quantitative estimate of drug-likeness (QED) is 0.939. The van der Waals surface area contributed by atoms with Crippen LogP contribution in [-0.2, 0) is 10.0 Å². The number of rotatable bonds is 4. The summed E-state index contributed by atoms with van der Waals surface area (Å²) in [5.41, 5.74) is 6.16. The van der Waals surface area contributed by atoms with E-state index in [9.17, 15) is 12.8 Å². The van der Waals surface area contributed by atoms with E-state index in [1.54, 1.807) is 19.1 Å². The Morgan fingerprint density at radius 1 is 1.19 bits per heavy atom. The van der Waals surface area contributed by atoms with Crippen LogP contribution in [0.15, 0.2) is 47.5 Å². The standard InChI is InChI=1S/C14H16FN3O2S/c1-10(11-3-5-12(15)6-4-11)18(2)21(19,20)13-7-8-14(16)17-9-13/h3-10H,1-2H3,(H2,16,17). The van der Waals surface area contributed by atoms with E-state index < -0.39 is 16.1 Å². The largest absolute Gasteiger partial charge is 0.384 e. The normalized spacial score (nSPS) is 13.3. The number of nitrogens with zero attached hydrogens (tertiary/aromatic N) is 2. The van der Waals surface area contributed by atoms with Gasteiger partial charge in [0, 0.05) is 19.3 Å². The first-order valence-electron chi connectivity index (χ1n) is 6.27. The summed E-state index contributed by atoms with van der Waals surface area (Å²) in [5.74, 6) is -0.109. The van der Waals surface area contributed by atoms with E-state index in [1.165, 1.54) is 41.8 Å². The number of aromatic nitrogens is 1. The van der Waals surface area contributed by atoms with Crippen LogP contribution in [0.1, 0.15) is 18.5 Å². The molecule has 0 bridgehead atoms. The van der Waals surface area contributed by atoms with Crippen molar-refractivity contribution in [1.82, 2.24) is 9.29 Å². The molecule has 2 aromatic rings. The van der Waals surface area contributed by atoms with E-state index >= 15 is 0 Å². The Hall–Kier alpha value is -1.99. The van der Waals surface area contributed by atoms with Crippen molar-refractivity contribution < 1.29 is 12.8 Å². The first-order chi connectivity index (χ1) is 9.82.